The Morgan fingerprint density at radius 2 is 1.75 bits per heavy atom. The summed E-state index contributed by atoms with van der Waals surface area (Å²) in [5.41, 5.74) is 9.30. The van der Waals surface area contributed by atoms with Gasteiger partial charge in [0.25, 0.3) is 0 Å². The summed E-state index contributed by atoms with van der Waals surface area (Å²) in [6.07, 6.45) is 1.87. The zero-order valence-electron chi connectivity index (χ0n) is 10.9. The lowest BCUT2D eigenvalue weighted by atomic mass is 10.1. The highest BCUT2D eigenvalue weighted by atomic mass is 32.1. The van der Waals surface area contributed by atoms with E-state index in [4.69, 9.17) is 18.0 Å². The SMILES string of the molecule is NC(=S)c1c(F)cccc1NC1Cc2ccccc2C1. The molecule has 0 atom stereocenters. The molecular weight excluding hydrogens is 271 g/mol. The summed E-state index contributed by atoms with van der Waals surface area (Å²) >= 11 is 4.95. The van der Waals surface area contributed by atoms with Gasteiger partial charge < -0.3 is 11.1 Å². The molecule has 4 heteroatoms. The minimum absolute atomic E-state index is 0.0844. The number of halogens is 1. The maximum Gasteiger partial charge on any atom is 0.135 e. The summed E-state index contributed by atoms with van der Waals surface area (Å²) in [6, 6.07) is 13.5. The van der Waals surface area contributed by atoms with Crippen molar-refractivity contribution in [2.24, 2.45) is 5.73 Å². The fourth-order valence-electron chi connectivity index (χ4n) is 2.78. The number of rotatable bonds is 3. The largest absolute Gasteiger partial charge is 0.389 e. The molecular formula is C16H15FN2S. The molecule has 20 heavy (non-hydrogen) atoms. The highest BCUT2D eigenvalue weighted by Gasteiger charge is 2.22. The van der Waals surface area contributed by atoms with Crippen molar-refractivity contribution in [2.45, 2.75) is 18.9 Å². The molecule has 0 saturated heterocycles. The normalized spacial score (nSPS) is 14.1. The molecule has 1 aliphatic carbocycles. The van der Waals surface area contributed by atoms with Crippen LogP contribution in [-0.4, -0.2) is 11.0 Å². The molecule has 3 rings (SSSR count). The number of hydrogen-bond acceptors (Lipinski definition) is 2. The lowest BCUT2D eigenvalue weighted by molar-refractivity contribution is 0.625. The molecule has 1 aliphatic rings. The molecule has 2 nitrogen and oxygen atoms in total. The number of nitrogens with two attached hydrogens (primary N) is 1. The molecule has 2 aromatic rings. The Balaban J connectivity index is 1.84. The van der Waals surface area contributed by atoms with E-state index in [1.54, 1.807) is 6.07 Å². The average Bonchev–Trinajstić information content (AvgIpc) is 2.80. The Hall–Kier alpha value is -1.94. The van der Waals surface area contributed by atoms with Gasteiger partial charge in [0, 0.05) is 11.7 Å². The first-order valence-electron chi connectivity index (χ1n) is 6.57. The molecule has 2 aromatic carbocycles. The van der Waals surface area contributed by atoms with Gasteiger partial charge in [-0.1, -0.05) is 42.5 Å². The van der Waals surface area contributed by atoms with Crippen LogP contribution in [0.25, 0.3) is 0 Å². The van der Waals surface area contributed by atoms with Gasteiger partial charge in [0.15, 0.2) is 0 Å². The zero-order valence-corrected chi connectivity index (χ0v) is 11.7. The number of benzene rings is 2. The van der Waals surface area contributed by atoms with Gasteiger partial charge in [0.05, 0.1) is 5.56 Å². The fourth-order valence-corrected chi connectivity index (χ4v) is 2.98. The van der Waals surface area contributed by atoms with E-state index in [9.17, 15) is 4.39 Å². The second-order valence-electron chi connectivity index (χ2n) is 5.04. The Labute approximate surface area is 122 Å². The van der Waals surface area contributed by atoms with Gasteiger partial charge in [-0.15, -0.1) is 0 Å². The van der Waals surface area contributed by atoms with E-state index < -0.39 is 0 Å². The van der Waals surface area contributed by atoms with Crippen molar-refractivity contribution >= 4 is 22.9 Å². The van der Waals surface area contributed by atoms with Crippen molar-refractivity contribution in [3.05, 3.63) is 65.0 Å². The van der Waals surface area contributed by atoms with Crippen LogP contribution in [0.3, 0.4) is 0 Å². The molecule has 0 amide bonds. The second kappa shape index (κ2) is 5.21. The van der Waals surface area contributed by atoms with Crippen LogP contribution in [0.1, 0.15) is 16.7 Å². The molecule has 0 aromatic heterocycles. The maximum absolute atomic E-state index is 13.8. The topological polar surface area (TPSA) is 38.0 Å². The van der Waals surface area contributed by atoms with Crippen molar-refractivity contribution < 1.29 is 4.39 Å². The summed E-state index contributed by atoms with van der Waals surface area (Å²) in [5.74, 6) is -0.377. The molecule has 0 radical (unpaired) electrons. The molecule has 0 aliphatic heterocycles. The van der Waals surface area contributed by atoms with Crippen LogP contribution in [-0.2, 0) is 12.8 Å². The third kappa shape index (κ3) is 2.39. The van der Waals surface area contributed by atoms with Crippen LogP contribution < -0.4 is 11.1 Å². The van der Waals surface area contributed by atoms with E-state index in [0.29, 0.717) is 11.3 Å². The van der Waals surface area contributed by atoms with Crippen molar-refractivity contribution in [3.63, 3.8) is 0 Å². The van der Waals surface area contributed by atoms with Crippen LogP contribution in [0, 0.1) is 5.82 Å². The first-order chi connectivity index (χ1) is 9.65. The van der Waals surface area contributed by atoms with E-state index >= 15 is 0 Å². The monoisotopic (exact) mass is 286 g/mol. The van der Waals surface area contributed by atoms with Gasteiger partial charge in [-0.3, -0.25) is 0 Å². The fraction of sp³-hybridized carbons (Fsp3) is 0.188. The van der Waals surface area contributed by atoms with E-state index in [0.717, 1.165) is 12.8 Å². The number of fused-ring (bicyclic) bond motifs is 1. The average molecular weight is 286 g/mol. The standard InChI is InChI=1S/C16H15FN2S/c17-13-6-3-7-14(15(13)16(18)20)19-12-8-10-4-1-2-5-11(10)9-12/h1-7,12,19H,8-9H2,(H2,18,20). The molecule has 0 saturated carbocycles. The summed E-state index contributed by atoms with van der Waals surface area (Å²) in [6.45, 7) is 0. The van der Waals surface area contributed by atoms with Crippen LogP contribution in [0.4, 0.5) is 10.1 Å². The quantitative estimate of drug-likeness (QED) is 0.852. The summed E-state index contributed by atoms with van der Waals surface area (Å²) < 4.78 is 13.8. The molecule has 0 fully saturated rings. The van der Waals surface area contributed by atoms with Crippen molar-refractivity contribution in [2.75, 3.05) is 5.32 Å². The van der Waals surface area contributed by atoms with E-state index in [2.05, 4.69) is 17.4 Å². The lowest BCUT2D eigenvalue weighted by Gasteiger charge is -2.17. The van der Waals surface area contributed by atoms with Crippen molar-refractivity contribution in [3.8, 4) is 0 Å². The molecule has 102 valence electrons. The van der Waals surface area contributed by atoms with Crippen molar-refractivity contribution in [1.82, 2.24) is 0 Å². The first-order valence-corrected chi connectivity index (χ1v) is 6.97. The van der Waals surface area contributed by atoms with Gasteiger partial charge in [-0.25, -0.2) is 4.39 Å². The first kappa shape index (κ1) is 13.1. The molecule has 0 bridgehead atoms. The molecule has 0 heterocycles. The van der Waals surface area contributed by atoms with Gasteiger partial charge in [-0.2, -0.15) is 0 Å². The molecule has 0 unspecified atom stereocenters. The minimum atomic E-state index is -0.377. The van der Waals surface area contributed by atoms with Crippen LogP contribution in [0.5, 0.6) is 0 Å². The minimum Gasteiger partial charge on any atom is -0.389 e. The predicted octanol–water partition coefficient (Wildman–Crippen LogP) is 3.04. The van der Waals surface area contributed by atoms with Crippen LogP contribution in [0.2, 0.25) is 0 Å². The third-order valence-electron chi connectivity index (χ3n) is 3.67. The van der Waals surface area contributed by atoms with E-state index in [1.807, 2.05) is 18.2 Å². The second-order valence-corrected chi connectivity index (χ2v) is 5.48. The van der Waals surface area contributed by atoms with Gasteiger partial charge >= 0.3 is 0 Å². The Morgan fingerprint density at radius 3 is 2.35 bits per heavy atom. The maximum atomic E-state index is 13.8. The van der Waals surface area contributed by atoms with Gasteiger partial charge in [0.1, 0.15) is 10.8 Å². The van der Waals surface area contributed by atoms with Crippen LogP contribution in [0.15, 0.2) is 42.5 Å². The Kier molecular flexibility index (Phi) is 3.40. The predicted molar refractivity (Wildman–Crippen MR) is 83.5 cm³/mol. The summed E-state index contributed by atoms with van der Waals surface area (Å²) in [5, 5.41) is 3.37. The Bertz CT molecular complexity index is 644. The Morgan fingerprint density at radius 1 is 1.10 bits per heavy atom. The summed E-state index contributed by atoms with van der Waals surface area (Å²) in [4.78, 5) is 0.0844. The van der Waals surface area contributed by atoms with Gasteiger partial charge in [-0.05, 0) is 36.1 Å². The van der Waals surface area contributed by atoms with E-state index in [1.165, 1.54) is 17.2 Å². The van der Waals surface area contributed by atoms with Gasteiger partial charge in [0.2, 0.25) is 0 Å². The number of thiocarbonyl (C=S) groups is 1. The van der Waals surface area contributed by atoms with Crippen LogP contribution >= 0.6 is 12.2 Å². The number of nitrogens with one attached hydrogen (secondary N) is 1. The lowest BCUT2D eigenvalue weighted by Crippen LogP contribution is -2.23. The highest BCUT2D eigenvalue weighted by Crippen LogP contribution is 2.26. The van der Waals surface area contributed by atoms with Crippen molar-refractivity contribution in [1.29, 1.82) is 0 Å². The smallest absolute Gasteiger partial charge is 0.135 e. The number of hydrogen-bond donors (Lipinski definition) is 2. The third-order valence-corrected chi connectivity index (χ3v) is 3.87. The zero-order chi connectivity index (χ0) is 14.1. The van der Waals surface area contributed by atoms with E-state index in [-0.39, 0.29) is 16.8 Å². The molecule has 3 N–H and O–H groups in total. The highest BCUT2D eigenvalue weighted by molar-refractivity contribution is 7.80. The summed E-state index contributed by atoms with van der Waals surface area (Å²) in [7, 11) is 0. The number of anilines is 1. The molecule has 0 spiro atoms.